The molecule has 0 aliphatic carbocycles. The number of aliphatic carboxylic acids is 1. The van der Waals surface area contributed by atoms with Gasteiger partial charge in [-0.2, -0.15) is 0 Å². The number of nitrogens with one attached hydrogen (secondary N) is 1. The standard InChI is InChI=1S/C21H30N2O3/c1-4-7-14-22-18-17(21(25)26)19(15-12-9-8-10-13-15)23(20(18)24)16(6-3)11-5-2/h8-10,12-13,16,19,22H,4-7,11,14H2,1-3H3,(H,25,26). The smallest absolute Gasteiger partial charge is 0.336 e. The number of hydrogen-bond donors (Lipinski definition) is 2. The summed E-state index contributed by atoms with van der Waals surface area (Å²) in [6, 6.07) is 8.97. The first-order valence-electron chi connectivity index (χ1n) is 9.65. The Labute approximate surface area is 156 Å². The highest BCUT2D eigenvalue weighted by atomic mass is 16.4. The van der Waals surface area contributed by atoms with Crippen molar-refractivity contribution in [1.82, 2.24) is 10.2 Å². The zero-order chi connectivity index (χ0) is 19.1. The van der Waals surface area contributed by atoms with Gasteiger partial charge in [-0.05, 0) is 24.8 Å². The number of carbonyl (C=O) groups is 2. The van der Waals surface area contributed by atoms with Crippen LogP contribution in [0.1, 0.15) is 64.5 Å². The van der Waals surface area contributed by atoms with Crippen molar-refractivity contribution in [2.45, 2.75) is 65.0 Å². The molecule has 0 aromatic heterocycles. The van der Waals surface area contributed by atoms with Crippen LogP contribution in [0.4, 0.5) is 0 Å². The Morgan fingerprint density at radius 2 is 1.88 bits per heavy atom. The predicted molar refractivity (Wildman–Crippen MR) is 103 cm³/mol. The number of carbonyl (C=O) groups excluding carboxylic acids is 1. The summed E-state index contributed by atoms with van der Waals surface area (Å²) in [4.78, 5) is 27.1. The highest BCUT2D eigenvalue weighted by Gasteiger charge is 2.45. The van der Waals surface area contributed by atoms with Crippen molar-refractivity contribution in [2.75, 3.05) is 6.54 Å². The summed E-state index contributed by atoms with van der Waals surface area (Å²) in [7, 11) is 0. The number of rotatable bonds is 10. The van der Waals surface area contributed by atoms with E-state index in [-0.39, 0.29) is 23.2 Å². The lowest BCUT2D eigenvalue weighted by Gasteiger charge is -2.33. The number of hydrogen-bond acceptors (Lipinski definition) is 3. The van der Waals surface area contributed by atoms with Crippen LogP contribution in [-0.2, 0) is 9.59 Å². The van der Waals surface area contributed by atoms with Gasteiger partial charge in [0.05, 0.1) is 11.6 Å². The summed E-state index contributed by atoms with van der Waals surface area (Å²) < 4.78 is 0. The van der Waals surface area contributed by atoms with Gasteiger partial charge in [0.2, 0.25) is 0 Å². The van der Waals surface area contributed by atoms with Crippen LogP contribution in [0, 0.1) is 0 Å². The third kappa shape index (κ3) is 4.09. The normalized spacial score (nSPS) is 18.3. The summed E-state index contributed by atoms with van der Waals surface area (Å²) in [5.74, 6) is -1.22. The molecule has 1 heterocycles. The lowest BCUT2D eigenvalue weighted by atomic mass is 9.96. The van der Waals surface area contributed by atoms with Crippen LogP contribution in [0.3, 0.4) is 0 Å². The quantitative estimate of drug-likeness (QED) is 0.623. The van der Waals surface area contributed by atoms with Crippen molar-refractivity contribution in [1.29, 1.82) is 0 Å². The van der Waals surface area contributed by atoms with Gasteiger partial charge in [-0.15, -0.1) is 0 Å². The first-order valence-corrected chi connectivity index (χ1v) is 9.65. The van der Waals surface area contributed by atoms with Gasteiger partial charge < -0.3 is 15.3 Å². The summed E-state index contributed by atoms with van der Waals surface area (Å²) in [6.07, 6.45) is 4.49. The predicted octanol–water partition coefficient (Wildman–Crippen LogP) is 3.88. The Bertz CT molecular complexity index is 654. The maximum absolute atomic E-state index is 13.2. The molecule has 2 N–H and O–H groups in total. The molecular formula is C21H30N2O3. The molecule has 1 aromatic carbocycles. The van der Waals surface area contributed by atoms with Crippen LogP contribution in [0.5, 0.6) is 0 Å². The minimum absolute atomic E-state index is 0.0255. The molecule has 5 heteroatoms. The lowest BCUT2D eigenvalue weighted by Crippen LogP contribution is -2.41. The fourth-order valence-corrected chi connectivity index (χ4v) is 3.63. The Kier molecular flexibility index (Phi) is 7.25. The molecule has 0 spiro atoms. The van der Waals surface area contributed by atoms with E-state index in [1.165, 1.54) is 0 Å². The third-order valence-electron chi connectivity index (χ3n) is 4.93. The molecule has 0 fully saturated rings. The van der Waals surface area contributed by atoms with Gasteiger partial charge in [0.1, 0.15) is 5.70 Å². The average Bonchev–Trinajstić information content (AvgIpc) is 2.93. The van der Waals surface area contributed by atoms with Gasteiger partial charge in [-0.1, -0.05) is 63.9 Å². The van der Waals surface area contributed by atoms with Crippen LogP contribution in [0.2, 0.25) is 0 Å². The molecule has 1 amide bonds. The van der Waals surface area contributed by atoms with Crippen molar-refractivity contribution in [3.05, 3.63) is 47.2 Å². The second-order valence-corrected chi connectivity index (χ2v) is 6.75. The SMILES string of the molecule is CCCCNC1=C(C(=O)O)C(c2ccccc2)N(C(CC)CCC)C1=O. The first-order chi connectivity index (χ1) is 12.6. The third-order valence-corrected chi connectivity index (χ3v) is 4.93. The average molecular weight is 358 g/mol. The maximum atomic E-state index is 13.2. The van der Waals surface area contributed by atoms with Crippen LogP contribution in [-0.4, -0.2) is 34.5 Å². The number of nitrogens with zero attached hydrogens (tertiary/aromatic N) is 1. The molecule has 26 heavy (non-hydrogen) atoms. The number of carboxylic acids is 1. The summed E-state index contributed by atoms with van der Waals surface area (Å²) in [6.45, 7) is 6.82. The van der Waals surface area contributed by atoms with Crippen LogP contribution in [0.15, 0.2) is 41.6 Å². The van der Waals surface area contributed by atoms with E-state index in [0.717, 1.165) is 37.7 Å². The molecule has 0 saturated carbocycles. The minimum Gasteiger partial charge on any atom is -0.478 e. The van der Waals surface area contributed by atoms with Crippen molar-refractivity contribution >= 4 is 11.9 Å². The van der Waals surface area contributed by atoms with Gasteiger partial charge in [0, 0.05) is 12.6 Å². The first kappa shape index (κ1) is 20.0. The molecule has 5 nitrogen and oxygen atoms in total. The van der Waals surface area contributed by atoms with E-state index in [1.54, 1.807) is 4.90 Å². The van der Waals surface area contributed by atoms with Crippen LogP contribution < -0.4 is 5.32 Å². The van der Waals surface area contributed by atoms with Crippen molar-refractivity contribution in [3.63, 3.8) is 0 Å². The second-order valence-electron chi connectivity index (χ2n) is 6.75. The topological polar surface area (TPSA) is 69.6 Å². The number of amides is 1. The summed E-state index contributed by atoms with van der Waals surface area (Å²) >= 11 is 0. The number of benzene rings is 1. The molecule has 2 unspecified atom stereocenters. The van der Waals surface area contributed by atoms with E-state index in [9.17, 15) is 14.7 Å². The Morgan fingerprint density at radius 3 is 2.42 bits per heavy atom. The van der Waals surface area contributed by atoms with Crippen molar-refractivity contribution in [2.24, 2.45) is 0 Å². The van der Waals surface area contributed by atoms with Crippen molar-refractivity contribution in [3.8, 4) is 0 Å². The molecule has 0 saturated heterocycles. The molecule has 0 radical (unpaired) electrons. The van der Waals surface area contributed by atoms with E-state index in [2.05, 4.69) is 26.1 Å². The minimum atomic E-state index is -1.03. The van der Waals surface area contributed by atoms with Crippen LogP contribution >= 0.6 is 0 Å². The molecule has 2 atom stereocenters. The zero-order valence-electron chi connectivity index (χ0n) is 16.0. The van der Waals surface area contributed by atoms with E-state index >= 15 is 0 Å². The van der Waals surface area contributed by atoms with Gasteiger partial charge in [-0.3, -0.25) is 4.79 Å². The van der Waals surface area contributed by atoms with E-state index < -0.39 is 12.0 Å². The van der Waals surface area contributed by atoms with E-state index in [0.29, 0.717) is 6.54 Å². The van der Waals surface area contributed by atoms with Gasteiger partial charge in [0.15, 0.2) is 0 Å². The highest BCUT2D eigenvalue weighted by molar-refractivity contribution is 6.07. The molecular weight excluding hydrogens is 328 g/mol. The van der Waals surface area contributed by atoms with Gasteiger partial charge in [-0.25, -0.2) is 4.79 Å². The summed E-state index contributed by atoms with van der Waals surface area (Å²) in [5, 5.41) is 13.0. The lowest BCUT2D eigenvalue weighted by molar-refractivity contribution is -0.133. The molecule has 1 aromatic rings. The van der Waals surface area contributed by atoms with E-state index in [1.807, 2.05) is 30.3 Å². The molecule has 1 aliphatic heterocycles. The van der Waals surface area contributed by atoms with Crippen LogP contribution in [0.25, 0.3) is 0 Å². The number of carboxylic acid groups (broad SMARTS) is 1. The Hall–Kier alpha value is -2.30. The fourth-order valence-electron chi connectivity index (χ4n) is 3.63. The van der Waals surface area contributed by atoms with Gasteiger partial charge in [0.25, 0.3) is 5.91 Å². The molecule has 142 valence electrons. The molecule has 0 bridgehead atoms. The molecule has 1 aliphatic rings. The summed E-state index contributed by atoms with van der Waals surface area (Å²) in [5.41, 5.74) is 1.28. The zero-order valence-corrected chi connectivity index (χ0v) is 16.0. The Balaban J connectivity index is 2.52. The largest absolute Gasteiger partial charge is 0.478 e. The Morgan fingerprint density at radius 1 is 1.19 bits per heavy atom. The van der Waals surface area contributed by atoms with E-state index in [4.69, 9.17) is 0 Å². The maximum Gasteiger partial charge on any atom is 0.336 e. The fraction of sp³-hybridized carbons (Fsp3) is 0.524. The highest BCUT2D eigenvalue weighted by Crippen LogP contribution is 2.40. The molecule has 2 rings (SSSR count). The van der Waals surface area contributed by atoms with Gasteiger partial charge >= 0.3 is 5.97 Å². The van der Waals surface area contributed by atoms with Crippen molar-refractivity contribution < 1.29 is 14.7 Å². The second kappa shape index (κ2) is 9.41. The monoisotopic (exact) mass is 358 g/mol. The number of unbranched alkanes of at least 4 members (excludes halogenated alkanes) is 1.